The first kappa shape index (κ1) is 18.0. The molecule has 0 radical (unpaired) electrons. The number of carbonyl (C=O) groups excluding carboxylic acids is 1. The number of nitrogens with zero attached hydrogens (tertiary/aromatic N) is 1. The Morgan fingerprint density at radius 3 is 2.27 bits per heavy atom. The van der Waals surface area contributed by atoms with E-state index in [9.17, 15) is 13.2 Å². The highest BCUT2D eigenvalue weighted by Gasteiger charge is 2.17. The third-order valence-corrected chi connectivity index (χ3v) is 5.52. The molecule has 3 rings (SSSR count). The van der Waals surface area contributed by atoms with Crippen LogP contribution in [0.1, 0.15) is 12.0 Å². The number of likely N-dealkylation sites (tertiary alicyclic amines) is 1. The van der Waals surface area contributed by atoms with Gasteiger partial charge in [0.05, 0.1) is 12.0 Å². The van der Waals surface area contributed by atoms with E-state index in [0.29, 0.717) is 11.4 Å². The maximum atomic E-state index is 12.4. The van der Waals surface area contributed by atoms with Gasteiger partial charge in [0.25, 0.3) is 10.0 Å². The van der Waals surface area contributed by atoms with Crippen LogP contribution in [-0.2, 0) is 14.8 Å². The highest BCUT2D eigenvalue weighted by atomic mass is 32.2. The number of hydrogen-bond acceptors (Lipinski definition) is 4. The molecule has 1 N–H and O–H groups in total. The van der Waals surface area contributed by atoms with Crippen molar-refractivity contribution in [2.75, 3.05) is 24.9 Å². The minimum absolute atomic E-state index is 0.0193. The van der Waals surface area contributed by atoms with Crippen LogP contribution in [0.5, 0.6) is 5.75 Å². The van der Waals surface area contributed by atoms with Gasteiger partial charge < -0.3 is 9.64 Å². The van der Waals surface area contributed by atoms with Gasteiger partial charge in [0.1, 0.15) is 5.75 Å². The fraction of sp³-hybridized carbons (Fsp3) is 0.211. The SMILES string of the molecule is COc1ccc(NS(=O)(=O)c2ccc(C=CC(=O)N3CCC3)cc2)cc1. The van der Waals surface area contributed by atoms with Gasteiger partial charge in [-0.25, -0.2) is 8.42 Å². The predicted molar refractivity (Wildman–Crippen MR) is 100 cm³/mol. The van der Waals surface area contributed by atoms with Gasteiger partial charge in [0.2, 0.25) is 5.91 Å². The molecule has 0 aromatic heterocycles. The van der Waals surface area contributed by atoms with Crippen molar-refractivity contribution in [3.8, 4) is 5.75 Å². The Morgan fingerprint density at radius 2 is 1.73 bits per heavy atom. The van der Waals surface area contributed by atoms with E-state index in [2.05, 4.69) is 4.72 Å². The molecule has 2 aromatic rings. The molecule has 1 aliphatic rings. The van der Waals surface area contributed by atoms with Gasteiger partial charge in [-0.05, 0) is 54.5 Å². The zero-order valence-electron chi connectivity index (χ0n) is 14.4. The number of rotatable bonds is 6. The number of anilines is 1. The molecule has 136 valence electrons. The summed E-state index contributed by atoms with van der Waals surface area (Å²) in [6, 6.07) is 13.0. The maximum absolute atomic E-state index is 12.4. The number of ether oxygens (including phenoxy) is 1. The van der Waals surface area contributed by atoms with Gasteiger partial charge in [-0.1, -0.05) is 12.1 Å². The van der Waals surface area contributed by atoms with Crippen molar-refractivity contribution in [1.82, 2.24) is 4.90 Å². The van der Waals surface area contributed by atoms with Crippen molar-refractivity contribution in [1.29, 1.82) is 0 Å². The van der Waals surface area contributed by atoms with E-state index in [-0.39, 0.29) is 10.8 Å². The first-order chi connectivity index (χ1) is 12.5. The molecule has 1 fully saturated rings. The minimum atomic E-state index is -3.68. The van der Waals surface area contributed by atoms with Crippen LogP contribution in [0.15, 0.2) is 59.5 Å². The van der Waals surface area contributed by atoms with Crippen LogP contribution in [0.25, 0.3) is 6.08 Å². The molecule has 0 aliphatic carbocycles. The van der Waals surface area contributed by atoms with Gasteiger partial charge in [0, 0.05) is 24.9 Å². The monoisotopic (exact) mass is 372 g/mol. The minimum Gasteiger partial charge on any atom is -0.497 e. The average Bonchev–Trinajstić information content (AvgIpc) is 2.59. The van der Waals surface area contributed by atoms with E-state index in [1.807, 2.05) is 0 Å². The predicted octanol–water partition coefficient (Wildman–Crippen LogP) is 2.74. The molecule has 1 heterocycles. The normalized spacial score (nSPS) is 14.1. The Kier molecular flexibility index (Phi) is 5.27. The molecule has 0 saturated carbocycles. The molecule has 0 unspecified atom stereocenters. The quantitative estimate of drug-likeness (QED) is 0.791. The first-order valence-electron chi connectivity index (χ1n) is 8.22. The lowest BCUT2D eigenvalue weighted by Gasteiger charge is -2.29. The molecule has 1 saturated heterocycles. The lowest BCUT2D eigenvalue weighted by Crippen LogP contribution is -2.40. The molecule has 0 atom stereocenters. The zero-order chi connectivity index (χ0) is 18.6. The second-order valence-corrected chi connectivity index (χ2v) is 7.60. The highest BCUT2D eigenvalue weighted by molar-refractivity contribution is 7.92. The zero-order valence-corrected chi connectivity index (χ0v) is 15.2. The summed E-state index contributed by atoms with van der Waals surface area (Å²) < 4.78 is 32.5. The van der Waals surface area contributed by atoms with Crippen LogP contribution in [0.4, 0.5) is 5.69 Å². The summed E-state index contributed by atoms with van der Waals surface area (Å²) in [6.07, 6.45) is 4.25. The lowest BCUT2D eigenvalue weighted by molar-refractivity contribution is -0.129. The molecule has 6 nitrogen and oxygen atoms in total. The summed E-state index contributed by atoms with van der Waals surface area (Å²) in [6.45, 7) is 1.61. The Labute approximate surface area is 153 Å². The molecular weight excluding hydrogens is 352 g/mol. The Hall–Kier alpha value is -2.80. The fourth-order valence-electron chi connectivity index (χ4n) is 2.44. The van der Waals surface area contributed by atoms with Crippen molar-refractivity contribution >= 4 is 27.7 Å². The molecule has 0 bridgehead atoms. The van der Waals surface area contributed by atoms with Gasteiger partial charge >= 0.3 is 0 Å². The van der Waals surface area contributed by atoms with Crippen molar-refractivity contribution in [3.63, 3.8) is 0 Å². The summed E-state index contributed by atoms with van der Waals surface area (Å²) in [5.74, 6) is 0.631. The van der Waals surface area contributed by atoms with Crippen molar-refractivity contribution in [2.24, 2.45) is 0 Å². The van der Waals surface area contributed by atoms with E-state index < -0.39 is 10.0 Å². The topological polar surface area (TPSA) is 75.7 Å². The maximum Gasteiger partial charge on any atom is 0.261 e. The number of sulfonamides is 1. The number of amides is 1. The lowest BCUT2D eigenvalue weighted by atomic mass is 10.2. The largest absolute Gasteiger partial charge is 0.497 e. The molecule has 1 aliphatic heterocycles. The van der Waals surface area contributed by atoms with Crippen LogP contribution < -0.4 is 9.46 Å². The van der Waals surface area contributed by atoms with Crippen LogP contribution in [0.2, 0.25) is 0 Å². The van der Waals surface area contributed by atoms with E-state index in [1.165, 1.54) is 18.2 Å². The molecule has 0 spiro atoms. The summed E-state index contributed by atoms with van der Waals surface area (Å²) in [5, 5.41) is 0. The van der Waals surface area contributed by atoms with Gasteiger partial charge in [0.15, 0.2) is 0 Å². The van der Waals surface area contributed by atoms with Crippen molar-refractivity contribution in [3.05, 3.63) is 60.2 Å². The molecule has 26 heavy (non-hydrogen) atoms. The number of hydrogen-bond donors (Lipinski definition) is 1. The second-order valence-electron chi connectivity index (χ2n) is 5.92. The summed E-state index contributed by atoms with van der Waals surface area (Å²) in [4.78, 5) is 13.7. The third kappa shape index (κ3) is 4.23. The van der Waals surface area contributed by atoms with Gasteiger partial charge in [-0.2, -0.15) is 0 Å². The molecular formula is C19H20N2O4S. The van der Waals surface area contributed by atoms with Crippen molar-refractivity contribution < 1.29 is 17.9 Å². The smallest absolute Gasteiger partial charge is 0.261 e. The molecule has 2 aromatic carbocycles. The van der Waals surface area contributed by atoms with E-state index in [4.69, 9.17) is 4.74 Å². The third-order valence-electron chi connectivity index (χ3n) is 4.12. The summed E-state index contributed by atoms with van der Waals surface area (Å²) in [5.41, 5.74) is 1.22. The van der Waals surface area contributed by atoms with Crippen LogP contribution in [-0.4, -0.2) is 39.4 Å². The summed E-state index contributed by atoms with van der Waals surface area (Å²) in [7, 11) is -2.13. The average molecular weight is 372 g/mol. The van der Waals surface area contributed by atoms with E-state index >= 15 is 0 Å². The molecule has 7 heteroatoms. The van der Waals surface area contributed by atoms with Crippen LogP contribution >= 0.6 is 0 Å². The Bertz CT molecular complexity index is 900. The van der Waals surface area contributed by atoms with Crippen molar-refractivity contribution in [2.45, 2.75) is 11.3 Å². The number of methoxy groups -OCH3 is 1. The van der Waals surface area contributed by atoms with Gasteiger partial charge in [-0.3, -0.25) is 9.52 Å². The Morgan fingerprint density at radius 1 is 1.08 bits per heavy atom. The second kappa shape index (κ2) is 7.61. The fourth-order valence-corrected chi connectivity index (χ4v) is 3.50. The van der Waals surface area contributed by atoms with Crippen LogP contribution in [0, 0.1) is 0 Å². The standard InChI is InChI=1S/C19H20N2O4S/c1-25-17-8-6-16(7-9-17)20-26(23,24)18-10-3-15(4-11-18)5-12-19(22)21-13-2-14-21/h3-12,20H,2,13-14H2,1H3. The van der Waals surface area contributed by atoms with Gasteiger partial charge in [-0.15, -0.1) is 0 Å². The molecule has 1 amide bonds. The number of nitrogens with one attached hydrogen (secondary N) is 1. The highest BCUT2D eigenvalue weighted by Crippen LogP contribution is 2.20. The Balaban J connectivity index is 1.67. The number of benzene rings is 2. The van der Waals surface area contributed by atoms with Crippen LogP contribution in [0.3, 0.4) is 0 Å². The summed E-state index contributed by atoms with van der Waals surface area (Å²) >= 11 is 0. The van der Waals surface area contributed by atoms with E-state index in [1.54, 1.807) is 54.5 Å². The number of carbonyl (C=O) groups is 1. The first-order valence-corrected chi connectivity index (χ1v) is 9.70. The van der Waals surface area contributed by atoms with E-state index in [0.717, 1.165) is 25.1 Å².